The maximum atomic E-state index is 12.4. The zero-order chi connectivity index (χ0) is 15.7. The largest absolute Gasteiger partial charge is 0.350 e. The monoisotopic (exact) mass is 360 g/mol. The van der Waals surface area contributed by atoms with Crippen molar-refractivity contribution in [2.24, 2.45) is 7.05 Å². The van der Waals surface area contributed by atoms with E-state index in [9.17, 15) is 9.59 Å². The first-order chi connectivity index (χ1) is 10.5. The molecule has 3 aromatic rings. The average Bonchev–Trinajstić information content (AvgIpc) is 2.84. The van der Waals surface area contributed by atoms with Gasteiger partial charge in [-0.1, -0.05) is 22.0 Å². The average molecular weight is 361 g/mol. The molecule has 0 atom stereocenters. The molecule has 112 valence electrons. The smallest absolute Gasteiger partial charge is 0.319 e. The fourth-order valence-electron chi connectivity index (χ4n) is 2.11. The second-order valence-corrected chi connectivity index (χ2v) is 5.83. The summed E-state index contributed by atoms with van der Waals surface area (Å²) in [7, 11) is 1.68. The van der Waals surface area contributed by atoms with Crippen LogP contribution in [0.4, 0.5) is 0 Å². The molecular weight excluding hydrogens is 348 g/mol. The SMILES string of the molecule is Cn1ccc(Cn2cnn(-c3cccc(Br)c3)c2=O)cc1=O. The van der Waals surface area contributed by atoms with Crippen molar-refractivity contribution >= 4 is 15.9 Å². The number of hydrogen-bond donors (Lipinski definition) is 0. The zero-order valence-electron chi connectivity index (χ0n) is 11.8. The number of aryl methyl sites for hydroxylation is 1. The van der Waals surface area contributed by atoms with Gasteiger partial charge in [-0.05, 0) is 29.8 Å². The van der Waals surface area contributed by atoms with Crippen molar-refractivity contribution in [3.05, 3.63) is 79.8 Å². The lowest BCUT2D eigenvalue weighted by molar-refractivity contribution is 0.731. The molecule has 0 N–H and O–H groups in total. The molecular formula is C15H13BrN4O2. The fraction of sp³-hybridized carbons (Fsp3) is 0.133. The minimum Gasteiger partial charge on any atom is -0.319 e. The van der Waals surface area contributed by atoms with Crippen LogP contribution in [-0.2, 0) is 13.6 Å². The molecule has 2 heterocycles. The van der Waals surface area contributed by atoms with Gasteiger partial charge in [-0.3, -0.25) is 9.36 Å². The molecule has 0 saturated heterocycles. The third kappa shape index (κ3) is 2.80. The first-order valence-electron chi connectivity index (χ1n) is 6.60. The summed E-state index contributed by atoms with van der Waals surface area (Å²) in [6, 6.07) is 10.7. The molecule has 0 radical (unpaired) electrons. The number of pyridine rings is 1. The van der Waals surface area contributed by atoms with Crippen molar-refractivity contribution in [1.29, 1.82) is 0 Å². The van der Waals surface area contributed by atoms with Gasteiger partial charge in [0, 0.05) is 23.8 Å². The molecule has 1 aromatic carbocycles. The molecule has 0 aliphatic heterocycles. The van der Waals surface area contributed by atoms with Crippen LogP contribution in [0.25, 0.3) is 5.69 Å². The lowest BCUT2D eigenvalue weighted by Crippen LogP contribution is -2.25. The Kier molecular flexibility index (Phi) is 3.81. The predicted molar refractivity (Wildman–Crippen MR) is 86.3 cm³/mol. The van der Waals surface area contributed by atoms with E-state index < -0.39 is 0 Å². The molecule has 0 fully saturated rings. The van der Waals surface area contributed by atoms with Crippen LogP contribution in [-0.4, -0.2) is 18.9 Å². The van der Waals surface area contributed by atoms with Crippen molar-refractivity contribution in [2.75, 3.05) is 0 Å². The Morgan fingerprint density at radius 3 is 2.73 bits per heavy atom. The highest BCUT2D eigenvalue weighted by molar-refractivity contribution is 9.10. The molecule has 0 saturated carbocycles. The number of rotatable bonds is 3. The molecule has 7 heteroatoms. The van der Waals surface area contributed by atoms with Gasteiger partial charge in [0.15, 0.2) is 0 Å². The lowest BCUT2D eigenvalue weighted by atomic mass is 10.2. The molecule has 6 nitrogen and oxygen atoms in total. The van der Waals surface area contributed by atoms with Crippen molar-refractivity contribution in [3.63, 3.8) is 0 Å². The normalized spacial score (nSPS) is 10.8. The summed E-state index contributed by atoms with van der Waals surface area (Å²) >= 11 is 3.37. The summed E-state index contributed by atoms with van der Waals surface area (Å²) in [4.78, 5) is 24.0. The molecule has 22 heavy (non-hydrogen) atoms. The van der Waals surface area contributed by atoms with Crippen LogP contribution >= 0.6 is 15.9 Å². The number of hydrogen-bond acceptors (Lipinski definition) is 3. The van der Waals surface area contributed by atoms with E-state index in [-0.39, 0.29) is 11.2 Å². The second-order valence-electron chi connectivity index (χ2n) is 4.92. The van der Waals surface area contributed by atoms with E-state index in [2.05, 4.69) is 21.0 Å². The first-order valence-corrected chi connectivity index (χ1v) is 7.40. The molecule has 0 unspecified atom stereocenters. The van der Waals surface area contributed by atoms with E-state index in [0.717, 1.165) is 10.0 Å². The Morgan fingerprint density at radius 2 is 2.00 bits per heavy atom. The van der Waals surface area contributed by atoms with Gasteiger partial charge in [0.2, 0.25) is 0 Å². The summed E-state index contributed by atoms with van der Waals surface area (Å²) in [5.74, 6) is 0. The maximum absolute atomic E-state index is 12.4. The Labute approximate surface area is 134 Å². The molecule has 2 aromatic heterocycles. The molecule has 0 bridgehead atoms. The van der Waals surface area contributed by atoms with E-state index in [1.54, 1.807) is 13.2 Å². The highest BCUT2D eigenvalue weighted by Crippen LogP contribution is 2.13. The zero-order valence-corrected chi connectivity index (χ0v) is 13.4. The van der Waals surface area contributed by atoms with Crippen molar-refractivity contribution < 1.29 is 0 Å². The van der Waals surface area contributed by atoms with Gasteiger partial charge in [0.05, 0.1) is 12.2 Å². The van der Waals surface area contributed by atoms with E-state index in [1.807, 2.05) is 30.3 Å². The molecule has 0 aliphatic carbocycles. The van der Waals surface area contributed by atoms with Gasteiger partial charge in [-0.25, -0.2) is 4.79 Å². The number of aromatic nitrogens is 4. The van der Waals surface area contributed by atoms with E-state index >= 15 is 0 Å². The number of benzene rings is 1. The van der Waals surface area contributed by atoms with Gasteiger partial charge in [0.25, 0.3) is 5.56 Å². The molecule has 0 amide bonds. The van der Waals surface area contributed by atoms with Gasteiger partial charge in [-0.15, -0.1) is 0 Å². The summed E-state index contributed by atoms with van der Waals surface area (Å²) < 4.78 is 5.15. The fourth-order valence-corrected chi connectivity index (χ4v) is 2.50. The Bertz CT molecular complexity index is 939. The van der Waals surface area contributed by atoms with Crippen LogP contribution in [0.5, 0.6) is 0 Å². The van der Waals surface area contributed by atoms with Crippen LogP contribution < -0.4 is 11.2 Å². The van der Waals surface area contributed by atoms with Gasteiger partial charge in [0.1, 0.15) is 6.33 Å². The third-order valence-corrected chi connectivity index (χ3v) is 3.80. The first kappa shape index (κ1) is 14.5. The topological polar surface area (TPSA) is 61.8 Å². The lowest BCUT2D eigenvalue weighted by Gasteiger charge is -2.03. The van der Waals surface area contributed by atoms with Crippen molar-refractivity contribution in [2.45, 2.75) is 6.54 Å². The Balaban J connectivity index is 1.95. The Hall–Kier alpha value is -2.41. The van der Waals surface area contributed by atoms with Gasteiger partial charge < -0.3 is 4.57 Å². The quantitative estimate of drug-likeness (QED) is 0.711. The second kappa shape index (κ2) is 5.76. The predicted octanol–water partition coefficient (Wildman–Crippen LogP) is 1.54. The summed E-state index contributed by atoms with van der Waals surface area (Å²) in [5, 5.41) is 4.13. The molecule has 0 aliphatic rings. The van der Waals surface area contributed by atoms with Crippen molar-refractivity contribution in [3.8, 4) is 5.69 Å². The summed E-state index contributed by atoms with van der Waals surface area (Å²) in [6.07, 6.45) is 3.15. The van der Waals surface area contributed by atoms with Crippen LogP contribution in [0.3, 0.4) is 0 Å². The minimum atomic E-state index is -0.251. The standard InChI is InChI=1S/C15H13BrN4O2/c1-18-6-5-11(7-14(18)21)9-19-10-17-20(15(19)22)13-4-2-3-12(16)8-13/h2-8,10H,9H2,1H3. The summed E-state index contributed by atoms with van der Waals surface area (Å²) in [5.41, 5.74) is 1.09. The van der Waals surface area contributed by atoms with Crippen LogP contribution in [0.15, 0.2) is 63.0 Å². The van der Waals surface area contributed by atoms with E-state index in [4.69, 9.17) is 0 Å². The molecule has 0 spiro atoms. The van der Waals surface area contributed by atoms with E-state index in [1.165, 1.54) is 26.2 Å². The number of halogens is 1. The van der Waals surface area contributed by atoms with Gasteiger partial charge in [-0.2, -0.15) is 9.78 Å². The van der Waals surface area contributed by atoms with Gasteiger partial charge >= 0.3 is 5.69 Å². The van der Waals surface area contributed by atoms with Crippen molar-refractivity contribution in [1.82, 2.24) is 18.9 Å². The van der Waals surface area contributed by atoms with Crippen LogP contribution in [0.1, 0.15) is 5.56 Å². The highest BCUT2D eigenvalue weighted by Gasteiger charge is 2.08. The van der Waals surface area contributed by atoms with E-state index in [0.29, 0.717) is 12.2 Å². The highest BCUT2D eigenvalue weighted by atomic mass is 79.9. The van der Waals surface area contributed by atoms with Crippen LogP contribution in [0, 0.1) is 0 Å². The minimum absolute atomic E-state index is 0.107. The maximum Gasteiger partial charge on any atom is 0.350 e. The Morgan fingerprint density at radius 1 is 1.18 bits per heavy atom. The third-order valence-electron chi connectivity index (χ3n) is 3.31. The number of nitrogens with zero attached hydrogens (tertiary/aromatic N) is 4. The van der Waals surface area contributed by atoms with Crippen LogP contribution in [0.2, 0.25) is 0 Å². The summed E-state index contributed by atoms with van der Waals surface area (Å²) in [6.45, 7) is 0.308. The molecule has 3 rings (SSSR count).